The van der Waals surface area contributed by atoms with Gasteiger partial charge in [-0.3, -0.25) is 4.90 Å². The lowest BCUT2D eigenvalue weighted by atomic mass is 10.2. The molecule has 0 spiro atoms. The standard InChI is InChI=1S/C17H19NO2S/c1-20-17(19)16-10-9-14(21-16)8-5-11-18-12-15(18)13-6-3-2-4-7-13/h2-4,6-7,9-10,15H,5,8,11-12H2,1H3/t15-,18?/m1/s1. The minimum atomic E-state index is -0.235. The zero-order valence-electron chi connectivity index (χ0n) is 12.1. The summed E-state index contributed by atoms with van der Waals surface area (Å²) >= 11 is 1.54. The van der Waals surface area contributed by atoms with E-state index in [1.54, 1.807) is 11.3 Å². The first-order valence-corrected chi connectivity index (χ1v) is 8.05. The lowest BCUT2D eigenvalue weighted by molar-refractivity contribution is 0.0606. The van der Waals surface area contributed by atoms with Crippen molar-refractivity contribution >= 4 is 17.3 Å². The summed E-state index contributed by atoms with van der Waals surface area (Å²) in [6.45, 7) is 2.28. The van der Waals surface area contributed by atoms with Gasteiger partial charge in [0.2, 0.25) is 0 Å². The molecule has 0 saturated carbocycles. The van der Waals surface area contributed by atoms with E-state index in [1.807, 2.05) is 12.1 Å². The van der Waals surface area contributed by atoms with Gasteiger partial charge in [-0.15, -0.1) is 11.3 Å². The highest BCUT2D eigenvalue weighted by Crippen LogP contribution is 2.34. The Bertz CT molecular complexity index is 608. The second kappa shape index (κ2) is 6.41. The van der Waals surface area contributed by atoms with E-state index in [4.69, 9.17) is 4.74 Å². The Labute approximate surface area is 129 Å². The van der Waals surface area contributed by atoms with E-state index in [0.717, 1.165) is 19.4 Å². The molecule has 1 saturated heterocycles. The van der Waals surface area contributed by atoms with Gasteiger partial charge in [0.1, 0.15) is 4.88 Å². The number of carbonyl (C=O) groups is 1. The van der Waals surface area contributed by atoms with E-state index in [0.29, 0.717) is 10.9 Å². The fourth-order valence-electron chi connectivity index (χ4n) is 2.59. The number of aryl methyl sites for hydroxylation is 1. The third-order valence-corrected chi connectivity index (χ3v) is 4.94. The lowest BCUT2D eigenvalue weighted by Crippen LogP contribution is -2.02. The minimum Gasteiger partial charge on any atom is -0.465 e. The first-order chi connectivity index (χ1) is 10.3. The van der Waals surface area contributed by atoms with Crippen molar-refractivity contribution in [1.29, 1.82) is 0 Å². The number of hydrogen-bond acceptors (Lipinski definition) is 4. The molecule has 1 aliphatic rings. The lowest BCUT2D eigenvalue weighted by Gasteiger charge is -2.03. The Morgan fingerprint density at radius 2 is 2.10 bits per heavy atom. The number of hydrogen-bond donors (Lipinski definition) is 0. The normalized spacial score (nSPS) is 20.2. The molecule has 0 amide bonds. The molecule has 1 aromatic carbocycles. The average Bonchev–Trinajstić information content (AvgIpc) is 3.15. The summed E-state index contributed by atoms with van der Waals surface area (Å²) in [4.78, 5) is 15.8. The van der Waals surface area contributed by atoms with Crippen molar-refractivity contribution in [3.05, 3.63) is 57.8 Å². The van der Waals surface area contributed by atoms with Gasteiger partial charge in [0.25, 0.3) is 0 Å². The third kappa shape index (κ3) is 3.52. The third-order valence-electron chi connectivity index (χ3n) is 3.82. The van der Waals surface area contributed by atoms with Crippen molar-refractivity contribution in [3.8, 4) is 0 Å². The Morgan fingerprint density at radius 1 is 1.29 bits per heavy atom. The van der Waals surface area contributed by atoms with Gasteiger partial charge in [-0.05, 0) is 37.1 Å². The first-order valence-electron chi connectivity index (χ1n) is 7.24. The number of esters is 1. The maximum atomic E-state index is 11.4. The number of methoxy groups -OCH3 is 1. The van der Waals surface area contributed by atoms with Crippen molar-refractivity contribution in [2.75, 3.05) is 20.2 Å². The molecule has 0 bridgehead atoms. The molecular formula is C17H19NO2S. The van der Waals surface area contributed by atoms with Gasteiger partial charge in [-0.2, -0.15) is 0 Å². The topological polar surface area (TPSA) is 29.3 Å². The molecule has 2 atom stereocenters. The summed E-state index contributed by atoms with van der Waals surface area (Å²) in [7, 11) is 1.42. The second-order valence-corrected chi connectivity index (χ2v) is 6.45. The number of nitrogens with zero attached hydrogens (tertiary/aromatic N) is 1. The fourth-order valence-corrected chi connectivity index (χ4v) is 3.56. The van der Waals surface area contributed by atoms with Crippen LogP contribution in [0.2, 0.25) is 0 Å². The molecule has 3 nitrogen and oxygen atoms in total. The van der Waals surface area contributed by atoms with Crippen LogP contribution in [0.5, 0.6) is 0 Å². The molecule has 1 unspecified atom stereocenters. The van der Waals surface area contributed by atoms with Gasteiger partial charge in [-0.25, -0.2) is 4.79 Å². The molecule has 21 heavy (non-hydrogen) atoms. The van der Waals surface area contributed by atoms with Crippen molar-refractivity contribution in [1.82, 2.24) is 4.90 Å². The highest BCUT2D eigenvalue weighted by Gasteiger charge is 2.34. The monoisotopic (exact) mass is 301 g/mol. The van der Waals surface area contributed by atoms with E-state index >= 15 is 0 Å². The molecule has 110 valence electrons. The predicted molar refractivity (Wildman–Crippen MR) is 84.7 cm³/mol. The van der Waals surface area contributed by atoms with Crippen LogP contribution in [0.4, 0.5) is 0 Å². The highest BCUT2D eigenvalue weighted by atomic mass is 32.1. The van der Waals surface area contributed by atoms with E-state index < -0.39 is 0 Å². The summed E-state index contributed by atoms with van der Waals surface area (Å²) < 4.78 is 4.73. The van der Waals surface area contributed by atoms with E-state index in [9.17, 15) is 4.79 Å². The maximum Gasteiger partial charge on any atom is 0.348 e. The summed E-state index contributed by atoms with van der Waals surface area (Å²) in [6.07, 6.45) is 2.16. The maximum absolute atomic E-state index is 11.4. The van der Waals surface area contributed by atoms with E-state index in [1.165, 1.54) is 24.1 Å². The fraction of sp³-hybridized carbons (Fsp3) is 0.353. The summed E-state index contributed by atoms with van der Waals surface area (Å²) in [6, 6.07) is 15.2. The van der Waals surface area contributed by atoms with E-state index in [2.05, 4.69) is 35.2 Å². The molecule has 2 heterocycles. The molecule has 1 fully saturated rings. The molecule has 2 aromatic rings. The Hall–Kier alpha value is -1.65. The van der Waals surface area contributed by atoms with Gasteiger partial charge in [0, 0.05) is 17.5 Å². The molecular weight excluding hydrogens is 282 g/mol. The molecule has 0 radical (unpaired) electrons. The van der Waals surface area contributed by atoms with Gasteiger partial charge in [0.05, 0.1) is 7.11 Å². The number of rotatable bonds is 6. The Morgan fingerprint density at radius 3 is 2.86 bits per heavy atom. The molecule has 0 N–H and O–H groups in total. The zero-order chi connectivity index (χ0) is 14.7. The van der Waals surface area contributed by atoms with Crippen molar-refractivity contribution in [2.45, 2.75) is 18.9 Å². The Balaban J connectivity index is 1.43. The van der Waals surface area contributed by atoms with Crippen LogP contribution in [0.15, 0.2) is 42.5 Å². The number of ether oxygens (including phenoxy) is 1. The SMILES string of the molecule is COC(=O)c1ccc(CCCN2C[C@@H]2c2ccccc2)s1. The van der Waals surface area contributed by atoms with E-state index in [-0.39, 0.29) is 5.97 Å². The van der Waals surface area contributed by atoms with Crippen LogP contribution >= 0.6 is 11.3 Å². The van der Waals surface area contributed by atoms with Crippen LogP contribution in [-0.4, -0.2) is 31.1 Å². The van der Waals surface area contributed by atoms with Crippen LogP contribution in [0.3, 0.4) is 0 Å². The first kappa shape index (κ1) is 14.3. The molecule has 1 aliphatic heterocycles. The summed E-state index contributed by atoms with van der Waals surface area (Å²) in [5, 5.41) is 0. The van der Waals surface area contributed by atoms with Crippen LogP contribution in [0.25, 0.3) is 0 Å². The average molecular weight is 301 g/mol. The van der Waals surface area contributed by atoms with Gasteiger partial charge >= 0.3 is 5.97 Å². The quantitative estimate of drug-likeness (QED) is 0.604. The van der Waals surface area contributed by atoms with Crippen LogP contribution in [0, 0.1) is 0 Å². The number of benzene rings is 1. The number of thiophene rings is 1. The van der Waals surface area contributed by atoms with Crippen molar-refractivity contribution < 1.29 is 9.53 Å². The summed E-state index contributed by atoms with van der Waals surface area (Å²) in [5.74, 6) is -0.235. The predicted octanol–water partition coefficient (Wildman–Crippen LogP) is 3.52. The molecule has 4 heteroatoms. The van der Waals surface area contributed by atoms with Crippen LogP contribution < -0.4 is 0 Å². The van der Waals surface area contributed by atoms with Crippen LogP contribution in [0.1, 0.15) is 32.6 Å². The van der Waals surface area contributed by atoms with Gasteiger partial charge in [-0.1, -0.05) is 30.3 Å². The molecule has 1 aromatic heterocycles. The zero-order valence-corrected chi connectivity index (χ0v) is 12.9. The van der Waals surface area contributed by atoms with Gasteiger partial charge < -0.3 is 4.74 Å². The Kier molecular flexibility index (Phi) is 4.36. The molecule has 0 aliphatic carbocycles. The number of carbonyl (C=O) groups excluding carboxylic acids is 1. The van der Waals surface area contributed by atoms with Crippen molar-refractivity contribution in [3.63, 3.8) is 0 Å². The minimum absolute atomic E-state index is 0.235. The van der Waals surface area contributed by atoms with Gasteiger partial charge in [0.15, 0.2) is 0 Å². The largest absolute Gasteiger partial charge is 0.465 e. The van der Waals surface area contributed by atoms with Crippen molar-refractivity contribution in [2.24, 2.45) is 0 Å². The van der Waals surface area contributed by atoms with Crippen LogP contribution in [-0.2, 0) is 11.2 Å². The summed E-state index contributed by atoms with van der Waals surface area (Å²) in [5.41, 5.74) is 1.42. The smallest absolute Gasteiger partial charge is 0.348 e. The molecule has 3 rings (SSSR count). The second-order valence-electron chi connectivity index (χ2n) is 5.28. The highest BCUT2D eigenvalue weighted by molar-refractivity contribution is 7.13.